The molecule has 0 aromatic rings. The van der Waals surface area contributed by atoms with Crippen LogP contribution in [-0.4, -0.2) is 149 Å². The third-order valence-corrected chi connectivity index (χ3v) is 10.1. The van der Waals surface area contributed by atoms with Gasteiger partial charge in [-0.2, -0.15) is 0 Å². The van der Waals surface area contributed by atoms with Gasteiger partial charge in [0.25, 0.3) is 0 Å². The van der Waals surface area contributed by atoms with Crippen molar-refractivity contribution < 1.29 is 60.5 Å². The molecule has 4 heterocycles. The van der Waals surface area contributed by atoms with Crippen molar-refractivity contribution in [3.63, 3.8) is 0 Å². The third kappa shape index (κ3) is 2.90. The van der Waals surface area contributed by atoms with Gasteiger partial charge in [0.1, 0.15) is 0 Å². The van der Waals surface area contributed by atoms with E-state index in [1.807, 2.05) is 0 Å². The van der Waals surface area contributed by atoms with Gasteiger partial charge in [-0.15, -0.1) is 0 Å². The van der Waals surface area contributed by atoms with Crippen LogP contribution >= 0.6 is 0 Å². The van der Waals surface area contributed by atoms with Crippen LogP contribution in [0.25, 0.3) is 0 Å². The average molecular weight is 514 g/mol. The van der Waals surface area contributed by atoms with Gasteiger partial charge in [0.15, 0.2) is 0 Å². The van der Waals surface area contributed by atoms with Crippen LogP contribution in [-0.2, 0) is 9.47 Å². The van der Waals surface area contributed by atoms with Crippen LogP contribution in [0.2, 0.25) is 0 Å². The predicted octanol–water partition coefficient (Wildman–Crippen LogP) is -7.70. The summed E-state index contributed by atoms with van der Waals surface area (Å²) in [5.41, 5.74) is 0. The van der Waals surface area contributed by atoms with E-state index < -0.39 is 98.1 Å². The van der Waals surface area contributed by atoms with E-state index in [0.717, 1.165) is 0 Å². The Labute approximate surface area is 158 Å². The van der Waals surface area contributed by atoms with Crippen molar-refractivity contribution >= 4 is 29.9 Å². The molecule has 2 unspecified atom stereocenters. The fourth-order valence-corrected chi connectivity index (χ4v) is 6.87. The summed E-state index contributed by atoms with van der Waals surface area (Å²) in [6.45, 7) is -1.01. The van der Waals surface area contributed by atoms with E-state index >= 15 is 0 Å². The second-order valence-electron chi connectivity index (χ2n) is 6.31. The number of hydrogen-bond acceptors (Lipinski definition) is 12. The molecule has 4 fully saturated rings. The van der Waals surface area contributed by atoms with Gasteiger partial charge in [-0.05, 0) is 0 Å². The van der Waals surface area contributed by atoms with Crippen LogP contribution in [0.5, 0.6) is 0 Å². The second-order valence-corrected chi connectivity index (χ2v) is 12.1. The molecule has 14 heteroatoms. The molecular weight excluding hydrogens is 494 g/mol. The number of aliphatic hydroxyl groups is 10. The fraction of sp³-hybridized carbons (Fsp3) is 1.00. The molecular formula is C12H20O12Se2. The van der Waals surface area contributed by atoms with Gasteiger partial charge in [-0.3, -0.25) is 0 Å². The van der Waals surface area contributed by atoms with Crippen LogP contribution in [0.4, 0.5) is 0 Å². The van der Waals surface area contributed by atoms with Crippen molar-refractivity contribution in [2.24, 2.45) is 0 Å². The predicted molar refractivity (Wildman–Crippen MR) is 79.3 cm³/mol. The Morgan fingerprint density at radius 3 is 1.23 bits per heavy atom. The van der Waals surface area contributed by atoms with Crippen LogP contribution in [0.1, 0.15) is 0 Å². The minimum absolute atomic E-state index is 0.507. The molecule has 26 heavy (non-hydrogen) atoms. The minimum atomic E-state index is -1.74. The molecule has 4 aliphatic heterocycles. The zero-order valence-corrected chi connectivity index (χ0v) is 16.4. The molecule has 10 N–H and O–H groups in total. The molecule has 0 radical (unpaired) electrons. The van der Waals surface area contributed by atoms with Gasteiger partial charge in [-0.25, -0.2) is 0 Å². The summed E-state index contributed by atoms with van der Waals surface area (Å²) in [4.78, 5) is 0. The topological polar surface area (TPSA) is 221 Å². The number of hydrogen-bond donors (Lipinski definition) is 10. The second kappa shape index (κ2) is 6.54. The summed E-state index contributed by atoms with van der Waals surface area (Å²) >= 11 is -1.41. The monoisotopic (exact) mass is 516 g/mol. The maximum absolute atomic E-state index is 9.52. The van der Waals surface area contributed by atoms with Gasteiger partial charge in [0.2, 0.25) is 0 Å². The molecule has 4 saturated heterocycles. The molecule has 0 amide bonds. The summed E-state index contributed by atoms with van der Waals surface area (Å²) in [5.74, 6) is 0. The number of fused-ring (bicyclic) bond motifs is 2. The molecule has 4 rings (SSSR count). The van der Waals surface area contributed by atoms with E-state index in [1.54, 1.807) is 0 Å². The van der Waals surface area contributed by atoms with Gasteiger partial charge in [0, 0.05) is 0 Å². The molecule has 0 aromatic carbocycles. The molecule has 0 spiro atoms. The SMILES string of the molecule is OC[C@H]1OC2(O)[Se][C@]2(O)[C@@H](O)[C@@H]1O.OC[C@H]1OC2(O)[Se][C@]2(O)[C@@H](O)[C@@H]1O. The Kier molecular flexibility index (Phi) is 5.35. The van der Waals surface area contributed by atoms with E-state index in [-0.39, 0.29) is 0 Å². The quantitative estimate of drug-likeness (QED) is 0.155. The molecule has 0 saturated carbocycles. The number of ether oxygens (including phenoxy) is 2. The molecule has 0 aromatic heterocycles. The zero-order valence-electron chi connectivity index (χ0n) is 13.0. The van der Waals surface area contributed by atoms with E-state index in [9.17, 15) is 40.9 Å². The fourth-order valence-electron chi connectivity index (χ4n) is 2.79. The Bertz CT molecular complexity index is 522. The third-order valence-electron chi connectivity index (χ3n) is 4.60. The van der Waals surface area contributed by atoms with Crippen molar-refractivity contribution in [3.05, 3.63) is 0 Å². The average Bonchev–Trinajstić information content (AvgIpc) is 3.38. The summed E-state index contributed by atoms with van der Waals surface area (Å²) in [7, 11) is 0. The van der Waals surface area contributed by atoms with Crippen molar-refractivity contribution in [2.45, 2.75) is 55.0 Å². The van der Waals surface area contributed by atoms with Crippen molar-refractivity contribution in [2.75, 3.05) is 13.2 Å². The molecule has 12 nitrogen and oxygen atoms in total. The van der Waals surface area contributed by atoms with Crippen LogP contribution < -0.4 is 0 Å². The van der Waals surface area contributed by atoms with Crippen molar-refractivity contribution in [1.82, 2.24) is 0 Å². The molecule has 152 valence electrons. The number of aliphatic hydroxyl groups excluding tert-OH is 6. The maximum atomic E-state index is 9.52. The normalized spacial score (nSPS) is 60.2. The Hall–Kier alpha value is 0.559. The van der Waals surface area contributed by atoms with Gasteiger partial charge in [-0.1, -0.05) is 0 Å². The van der Waals surface area contributed by atoms with Crippen LogP contribution in [0.15, 0.2) is 0 Å². The summed E-state index contributed by atoms with van der Waals surface area (Å²) in [6.07, 6.45) is -7.71. The Morgan fingerprint density at radius 1 is 0.654 bits per heavy atom. The molecule has 0 aliphatic carbocycles. The summed E-state index contributed by atoms with van der Waals surface area (Å²) in [5, 5.41) is 92.8. The Balaban J connectivity index is 0.000000151. The van der Waals surface area contributed by atoms with Gasteiger partial charge >= 0.3 is 159 Å². The number of rotatable bonds is 2. The van der Waals surface area contributed by atoms with E-state index in [0.29, 0.717) is 0 Å². The standard InChI is InChI=1S/2C6H10O6Se/c2*7-1-2-3(8)4(9)5(10)6(11,12-2)13-5/h2*2-4,7-11H,1H2/t2*2-,3-,4+,5-,6?/m11/s1. The molecule has 10 atom stereocenters. The van der Waals surface area contributed by atoms with Gasteiger partial charge < -0.3 is 0 Å². The van der Waals surface area contributed by atoms with E-state index in [2.05, 4.69) is 0 Å². The van der Waals surface area contributed by atoms with E-state index in [1.165, 1.54) is 0 Å². The van der Waals surface area contributed by atoms with Crippen LogP contribution in [0.3, 0.4) is 0 Å². The van der Waals surface area contributed by atoms with Crippen molar-refractivity contribution in [1.29, 1.82) is 0 Å². The van der Waals surface area contributed by atoms with E-state index in [4.69, 9.17) is 19.7 Å². The summed E-state index contributed by atoms with van der Waals surface area (Å²) < 4.78 is 2.79. The molecule has 0 bridgehead atoms. The summed E-state index contributed by atoms with van der Waals surface area (Å²) in [6, 6.07) is 0. The first-order valence-corrected chi connectivity index (χ1v) is 10.9. The van der Waals surface area contributed by atoms with Crippen LogP contribution in [0, 0.1) is 0 Å². The zero-order chi connectivity index (χ0) is 19.7. The first-order chi connectivity index (χ1) is 11.9. The van der Waals surface area contributed by atoms with Gasteiger partial charge in [0.05, 0.1) is 0 Å². The Morgan fingerprint density at radius 2 is 0.962 bits per heavy atom. The molecule has 4 aliphatic rings. The first kappa shape index (κ1) is 21.3. The first-order valence-electron chi connectivity index (χ1n) is 7.48. The van der Waals surface area contributed by atoms with Crippen molar-refractivity contribution in [3.8, 4) is 0 Å².